The summed E-state index contributed by atoms with van der Waals surface area (Å²) < 4.78 is 1.03. The molecule has 1 aromatic carbocycles. The molecule has 0 amide bonds. The lowest BCUT2D eigenvalue weighted by molar-refractivity contribution is -0.120. The first-order valence-corrected chi connectivity index (χ1v) is 5.46. The molecule has 2 N–H and O–H groups in total. The maximum atomic E-state index is 11.6. The summed E-state index contributed by atoms with van der Waals surface area (Å²) in [6.07, 6.45) is 2.16. The van der Waals surface area contributed by atoms with Crippen LogP contribution in [0.1, 0.15) is 18.4 Å². The van der Waals surface area contributed by atoms with E-state index >= 15 is 0 Å². The molecule has 0 aliphatic heterocycles. The Kier molecular flexibility index (Phi) is 2.45. The Morgan fingerprint density at radius 1 is 1.36 bits per heavy atom. The molecule has 1 fully saturated rings. The molecule has 1 aliphatic carbocycles. The monoisotopic (exact) mass is 253 g/mol. The largest absolute Gasteiger partial charge is 0.319 e. The van der Waals surface area contributed by atoms with Crippen molar-refractivity contribution in [3.8, 4) is 0 Å². The highest BCUT2D eigenvalue weighted by Gasteiger charge is 2.44. The first kappa shape index (κ1) is 9.87. The zero-order chi connectivity index (χ0) is 10.2. The van der Waals surface area contributed by atoms with Crippen LogP contribution in [-0.4, -0.2) is 11.3 Å². The summed E-state index contributed by atoms with van der Waals surface area (Å²) in [6, 6.07) is 7.79. The van der Waals surface area contributed by atoms with Crippen molar-refractivity contribution in [3.05, 3.63) is 34.3 Å². The minimum Gasteiger partial charge on any atom is -0.319 e. The van der Waals surface area contributed by atoms with E-state index in [1.54, 1.807) is 0 Å². The number of hydrogen-bond acceptors (Lipinski definition) is 2. The molecule has 0 heterocycles. The van der Waals surface area contributed by atoms with Crippen LogP contribution in [0.4, 0.5) is 0 Å². The number of ketones is 1. The summed E-state index contributed by atoms with van der Waals surface area (Å²) in [4.78, 5) is 11.6. The molecular formula is C11H12BrNO. The molecule has 1 aromatic rings. The second-order valence-corrected chi connectivity index (χ2v) is 4.80. The molecule has 0 aromatic heterocycles. The van der Waals surface area contributed by atoms with Crippen LogP contribution in [0, 0.1) is 0 Å². The number of carbonyl (C=O) groups is 1. The van der Waals surface area contributed by atoms with Crippen LogP contribution in [0.3, 0.4) is 0 Å². The summed E-state index contributed by atoms with van der Waals surface area (Å²) in [5.41, 5.74) is 6.35. The number of hydrogen-bond donors (Lipinski definition) is 1. The highest BCUT2D eigenvalue weighted by Crippen LogP contribution is 2.34. The number of Topliss-reactive ketones (excluding diaryl/α,β-unsaturated/α-hetero) is 1. The third kappa shape index (κ3) is 2.04. The van der Waals surface area contributed by atoms with Gasteiger partial charge in [-0.2, -0.15) is 0 Å². The Bertz CT molecular complexity index is 354. The number of nitrogens with two attached hydrogens (primary N) is 1. The van der Waals surface area contributed by atoms with Crippen LogP contribution in [-0.2, 0) is 11.2 Å². The molecule has 0 radical (unpaired) electrons. The van der Waals surface area contributed by atoms with Crippen molar-refractivity contribution >= 4 is 21.7 Å². The predicted molar refractivity (Wildman–Crippen MR) is 59.0 cm³/mol. The maximum Gasteiger partial charge on any atom is 0.156 e. The summed E-state index contributed by atoms with van der Waals surface area (Å²) >= 11 is 3.35. The SMILES string of the molecule is NC1(C(=O)Cc2ccc(Br)cc2)CC1. The van der Waals surface area contributed by atoms with Gasteiger partial charge in [0.1, 0.15) is 0 Å². The highest BCUT2D eigenvalue weighted by molar-refractivity contribution is 9.10. The molecule has 0 saturated heterocycles. The van der Waals surface area contributed by atoms with Gasteiger partial charge in [0, 0.05) is 10.9 Å². The van der Waals surface area contributed by atoms with E-state index in [1.165, 1.54) is 0 Å². The van der Waals surface area contributed by atoms with Crippen molar-refractivity contribution in [1.29, 1.82) is 0 Å². The molecule has 0 unspecified atom stereocenters. The third-order valence-corrected chi connectivity index (χ3v) is 3.15. The molecule has 0 spiro atoms. The topological polar surface area (TPSA) is 43.1 Å². The van der Waals surface area contributed by atoms with Crippen molar-refractivity contribution in [2.24, 2.45) is 5.73 Å². The van der Waals surface area contributed by atoms with E-state index in [2.05, 4.69) is 15.9 Å². The summed E-state index contributed by atoms with van der Waals surface area (Å²) in [5, 5.41) is 0. The van der Waals surface area contributed by atoms with Crippen molar-refractivity contribution in [2.75, 3.05) is 0 Å². The Morgan fingerprint density at radius 3 is 2.43 bits per heavy atom. The average Bonchev–Trinajstić information content (AvgIpc) is 2.89. The average molecular weight is 254 g/mol. The molecule has 2 rings (SSSR count). The smallest absolute Gasteiger partial charge is 0.156 e. The lowest BCUT2D eigenvalue weighted by Gasteiger charge is -2.06. The van der Waals surface area contributed by atoms with Crippen molar-refractivity contribution in [2.45, 2.75) is 24.8 Å². The summed E-state index contributed by atoms with van der Waals surface area (Å²) in [6.45, 7) is 0. The van der Waals surface area contributed by atoms with E-state index in [1.807, 2.05) is 24.3 Å². The van der Waals surface area contributed by atoms with Gasteiger partial charge in [-0.25, -0.2) is 0 Å². The molecule has 2 nitrogen and oxygen atoms in total. The molecular weight excluding hydrogens is 242 g/mol. The minimum atomic E-state index is -0.493. The van der Waals surface area contributed by atoms with Gasteiger partial charge in [-0.15, -0.1) is 0 Å². The quantitative estimate of drug-likeness (QED) is 0.897. The van der Waals surface area contributed by atoms with Crippen LogP contribution < -0.4 is 5.73 Å². The molecule has 1 saturated carbocycles. The van der Waals surface area contributed by atoms with Crippen LogP contribution in [0.2, 0.25) is 0 Å². The second kappa shape index (κ2) is 3.48. The minimum absolute atomic E-state index is 0.167. The highest BCUT2D eigenvalue weighted by atomic mass is 79.9. The Labute approximate surface area is 91.6 Å². The number of halogens is 1. The molecule has 74 valence electrons. The molecule has 1 aliphatic rings. The van der Waals surface area contributed by atoms with Gasteiger partial charge in [0.15, 0.2) is 5.78 Å². The zero-order valence-corrected chi connectivity index (χ0v) is 9.38. The van der Waals surface area contributed by atoms with Crippen molar-refractivity contribution < 1.29 is 4.79 Å². The van der Waals surface area contributed by atoms with Crippen LogP contribution in [0.25, 0.3) is 0 Å². The van der Waals surface area contributed by atoms with E-state index in [9.17, 15) is 4.79 Å². The number of rotatable bonds is 3. The second-order valence-electron chi connectivity index (χ2n) is 3.88. The Morgan fingerprint density at radius 2 is 1.93 bits per heavy atom. The molecule has 0 bridgehead atoms. The van der Waals surface area contributed by atoms with E-state index in [0.717, 1.165) is 22.9 Å². The normalized spacial score (nSPS) is 17.9. The van der Waals surface area contributed by atoms with Gasteiger partial charge in [0.05, 0.1) is 5.54 Å². The predicted octanol–water partition coefficient (Wildman–Crippen LogP) is 2.05. The Balaban J connectivity index is 2.04. The molecule has 3 heteroatoms. The van der Waals surface area contributed by atoms with E-state index in [0.29, 0.717) is 6.42 Å². The Hall–Kier alpha value is -0.670. The lowest BCUT2D eigenvalue weighted by Crippen LogP contribution is -2.33. The van der Waals surface area contributed by atoms with Gasteiger partial charge in [-0.1, -0.05) is 28.1 Å². The van der Waals surface area contributed by atoms with E-state index in [4.69, 9.17) is 5.73 Å². The third-order valence-electron chi connectivity index (χ3n) is 2.62. The zero-order valence-electron chi connectivity index (χ0n) is 7.79. The van der Waals surface area contributed by atoms with Gasteiger partial charge < -0.3 is 5.73 Å². The lowest BCUT2D eigenvalue weighted by atomic mass is 10.0. The van der Waals surface area contributed by atoms with Gasteiger partial charge >= 0.3 is 0 Å². The fraction of sp³-hybridized carbons (Fsp3) is 0.364. The van der Waals surface area contributed by atoms with E-state index in [-0.39, 0.29) is 5.78 Å². The molecule has 0 atom stereocenters. The number of benzene rings is 1. The molecule has 14 heavy (non-hydrogen) atoms. The van der Waals surface area contributed by atoms with Gasteiger partial charge in [0.25, 0.3) is 0 Å². The fourth-order valence-electron chi connectivity index (χ4n) is 1.38. The summed E-state index contributed by atoms with van der Waals surface area (Å²) in [5.74, 6) is 0.167. The van der Waals surface area contributed by atoms with Crippen molar-refractivity contribution in [3.63, 3.8) is 0 Å². The summed E-state index contributed by atoms with van der Waals surface area (Å²) in [7, 11) is 0. The van der Waals surface area contributed by atoms with Gasteiger partial charge in [0.2, 0.25) is 0 Å². The first-order chi connectivity index (χ1) is 6.60. The van der Waals surface area contributed by atoms with Crippen LogP contribution in [0.15, 0.2) is 28.7 Å². The van der Waals surface area contributed by atoms with E-state index < -0.39 is 5.54 Å². The first-order valence-electron chi connectivity index (χ1n) is 4.67. The van der Waals surface area contributed by atoms with Gasteiger partial charge in [-0.3, -0.25) is 4.79 Å². The van der Waals surface area contributed by atoms with Gasteiger partial charge in [-0.05, 0) is 30.5 Å². The standard InChI is InChI=1S/C11H12BrNO/c12-9-3-1-8(2-4-9)7-10(14)11(13)5-6-11/h1-4H,5-7,13H2. The number of carbonyl (C=O) groups excluding carboxylic acids is 1. The van der Waals surface area contributed by atoms with Crippen LogP contribution in [0.5, 0.6) is 0 Å². The van der Waals surface area contributed by atoms with Crippen LogP contribution >= 0.6 is 15.9 Å². The maximum absolute atomic E-state index is 11.6. The van der Waals surface area contributed by atoms with Crippen molar-refractivity contribution in [1.82, 2.24) is 0 Å². The fourth-order valence-corrected chi connectivity index (χ4v) is 1.64.